The molecule has 0 aliphatic heterocycles. The lowest BCUT2D eigenvalue weighted by Crippen LogP contribution is -2.05. The second-order valence-corrected chi connectivity index (χ2v) is 6.01. The van der Waals surface area contributed by atoms with E-state index in [1.54, 1.807) is 0 Å². The number of hydrogen-bond donors (Lipinski definition) is 3. The topological polar surface area (TPSA) is 78.9 Å². The lowest BCUT2D eigenvalue weighted by molar-refractivity contribution is -0.114. The number of aryl methyl sites for hydroxylation is 1. The van der Waals surface area contributed by atoms with Gasteiger partial charge in [-0.05, 0) is 36.8 Å². The Bertz CT molecular complexity index is 875. The molecule has 1 heterocycles. The van der Waals surface area contributed by atoms with E-state index in [9.17, 15) is 4.79 Å². The zero-order valence-electron chi connectivity index (χ0n) is 14.8. The van der Waals surface area contributed by atoms with Gasteiger partial charge in [0, 0.05) is 30.9 Å². The first-order chi connectivity index (χ1) is 12.6. The highest BCUT2D eigenvalue weighted by Gasteiger charge is 2.01. The molecule has 0 aliphatic carbocycles. The van der Waals surface area contributed by atoms with Crippen LogP contribution < -0.4 is 16.0 Å². The van der Waals surface area contributed by atoms with Gasteiger partial charge in [0.05, 0.1) is 0 Å². The van der Waals surface area contributed by atoms with Crippen LogP contribution >= 0.6 is 0 Å². The second-order valence-electron chi connectivity index (χ2n) is 6.01. The molecule has 0 aliphatic rings. The van der Waals surface area contributed by atoms with E-state index in [0.29, 0.717) is 12.4 Å². The van der Waals surface area contributed by atoms with Crippen molar-refractivity contribution in [1.82, 2.24) is 9.97 Å². The monoisotopic (exact) mass is 347 g/mol. The van der Waals surface area contributed by atoms with Gasteiger partial charge in [-0.15, -0.1) is 0 Å². The molecule has 0 unspecified atom stereocenters. The number of hydrogen-bond acceptors (Lipinski definition) is 5. The van der Waals surface area contributed by atoms with Gasteiger partial charge < -0.3 is 16.0 Å². The number of aromatic nitrogens is 2. The largest absolute Gasteiger partial charge is 0.366 e. The quantitative estimate of drug-likeness (QED) is 0.626. The number of benzene rings is 2. The van der Waals surface area contributed by atoms with Gasteiger partial charge >= 0.3 is 0 Å². The molecule has 3 rings (SSSR count). The van der Waals surface area contributed by atoms with E-state index in [0.717, 1.165) is 17.2 Å². The van der Waals surface area contributed by atoms with E-state index in [4.69, 9.17) is 0 Å². The van der Waals surface area contributed by atoms with Crippen molar-refractivity contribution in [3.05, 3.63) is 72.1 Å². The standard InChI is InChI=1S/C20H21N5O/c1-14-3-5-16(6-4-14)12-21-19-11-20(23-13-22-19)25-18-9-7-17(8-10-18)24-15(2)26/h3-11,13H,12H2,1-2H3,(H,24,26)(H2,21,22,23,25). The molecule has 6 heteroatoms. The lowest BCUT2D eigenvalue weighted by Gasteiger charge is -2.10. The van der Waals surface area contributed by atoms with Crippen molar-refractivity contribution >= 4 is 28.9 Å². The van der Waals surface area contributed by atoms with Crippen LogP contribution in [0.25, 0.3) is 0 Å². The number of carbonyl (C=O) groups excluding carboxylic acids is 1. The number of anilines is 4. The summed E-state index contributed by atoms with van der Waals surface area (Å²) in [5, 5.41) is 9.26. The molecular weight excluding hydrogens is 326 g/mol. The molecule has 0 saturated heterocycles. The van der Waals surface area contributed by atoms with Crippen molar-refractivity contribution in [2.45, 2.75) is 20.4 Å². The Kier molecular flexibility index (Phi) is 5.43. The molecule has 1 amide bonds. The molecule has 3 aromatic rings. The van der Waals surface area contributed by atoms with E-state index in [1.807, 2.05) is 30.3 Å². The highest BCUT2D eigenvalue weighted by atomic mass is 16.1. The molecular formula is C20H21N5O. The molecule has 26 heavy (non-hydrogen) atoms. The van der Waals surface area contributed by atoms with Crippen LogP contribution in [-0.4, -0.2) is 15.9 Å². The lowest BCUT2D eigenvalue weighted by atomic mass is 10.1. The summed E-state index contributed by atoms with van der Waals surface area (Å²) in [5.41, 5.74) is 4.07. The van der Waals surface area contributed by atoms with Gasteiger partial charge in [0.1, 0.15) is 18.0 Å². The van der Waals surface area contributed by atoms with Crippen LogP contribution in [0.2, 0.25) is 0 Å². The van der Waals surface area contributed by atoms with Gasteiger partial charge in [0.15, 0.2) is 0 Å². The van der Waals surface area contributed by atoms with Crippen LogP contribution in [0.4, 0.5) is 23.0 Å². The van der Waals surface area contributed by atoms with E-state index in [2.05, 4.69) is 57.1 Å². The number of nitrogens with zero attached hydrogens (tertiary/aromatic N) is 2. The first-order valence-corrected chi connectivity index (χ1v) is 8.34. The molecule has 1 aromatic heterocycles. The van der Waals surface area contributed by atoms with Crippen LogP contribution in [-0.2, 0) is 11.3 Å². The molecule has 6 nitrogen and oxygen atoms in total. The van der Waals surface area contributed by atoms with Crippen LogP contribution in [0.1, 0.15) is 18.1 Å². The van der Waals surface area contributed by atoms with Crippen molar-refractivity contribution in [3.8, 4) is 0 Å². The second kappa shape index (κ2) is 8.11. The van der Waals surface area contributed by atoms with E-state index in [-0.39, 0.29) is 5.91 Å². The van der Waals surface area contributed by atoms with Gasteiger partial charge in [-0.3, -0.25) is 4.79 Å². The van der Waals surface area contributed by atoms with Gasteiger partial charge in [0.25, 0.3) is 0 Å². The summed E-state index contributed by atoms with van der Waals surface area (Å²) >= 11 is 0. The van der Waals surface area contributed by atoms with Crippen LogP contribution in [0.15, 0.2) is 60.9 Å². The van der Waals surface area contributed by atoms with Crippen LogP contribution in [0.3, 0.4) is 0 Å². The minimum atomic E-state index is -0.0918. The molecule has 0 atom stereocenters. The third-order valence-corrected chi connectivity index (χ3v) is 3.74. The Balaban J connectivity index is 1.61. The van der Waals surface area contributed by atoms with Crippen molar-refractivity contribution in [2.75, 3.05) is 16.0 Å². The van der Waals surface area contributed by atoms with Gasteiger partial charge in [-0.2, -0.15) is 0 Å². The zero-order valence-corrected chi connectivity index (χ0v) is 14.8. The average Bonchev–Trinajstić information content (AvgIpc) is 2.63. The number of carbonyl (C=O) groups is 1. The molecule has 132 valence electrons. The predicted octanol–water partition coefficient (Wildman–Crippen LogP) is 4.10. The minimum Gasteiger partial charge on any atom is -0.366 e. The zero-order chi connectivity index (χ0) is 18.4. The molecule has 3 N–H and O–H groups in total. The number of amides is 1. The average molecular weight is 347 g/mol. The molecule has 0 fully saturated rings. The molecule has 0 spiro atoms. The fourth-order valence-corrected chi connectivity index (χ4v) is 2.41. The Labute approximate surface area is 152 Å². The Morgan fingerprint density at radius 2 is 1.58 bits per heavy atom. The molecule has 2 aromatic carbocycles. The van der Waals surface area contributed by atoms with Crippen molar-refractivity contribution in [1.29, 1.82) is 0 Å². The van der Waals surface area contributed by atoms with E-state index < -0.39 is 0 Å². The van der Waals surface area contributed by atoms with Crippen molar-refractivity contribution < 1.29 is 4.79 Å². The number of nitrogens with one attached hydrogen (secondary N) is 3. The minimum absolute atomic E-state index is 0.0918. The smallest absolute Gasteiger partial charge is 0.221 e. The molecule has 0 radical (unpaired) electrons. The Hall–Kier alpha value is -3.41. The van der Waals surface area contributed by atoms with E-state index in [1.165, 1.54) is 24.4 Å². The van der Waals surface area contributed by atoms with Crippen LogP contribution in [0, 0.1) is 6.92 Å². The maximum absolute atomic E-state index is 11.1. The first-order valence-electron chi connectivity index (χ1n) is 8.34. The molecule has 0 bridgehead atoms. The molecule has 0 saturated carbocycles. The highest BCUT2D eigenvalue weighted by molar-refractivity contribution is 5.88. The van der Waals surface area contributed by atoms with E-state index >= 15 is 0 Å². The summed E-state index contributed by atoms with van der Waals surface area (Å²) < 4.78 is 0. The summed E-state index contributed by atoms with van der Waals surface area (Å²) in [6, 6.07) is 17.7. The van der Waals surface area contributed by atoms with Crippen molar-refractivity contribution in [3.63, 3.8) is 0 Å². The SMILES string of the molecule is CC(=O)Nc1ccc(Nc2cc(NCc3ccc(C)cc3)ncn2)cc1. The maximum Gasteiger partial charge on any atom is 0.221 e. The van der Waals surface area contributed by atoms with Crippen molar-refractivity contribution in [2.24, 2.45) is 0 Å². The summed E-state index contributed by atoms with van der Waals surface area (Å²) in [5.74, 6) is 1.35. The summed E-state index contributed by atoms with van der Waals surface area (Å²) in [4.78, 5) is 19.5. The summed E-state index contributed by atoms with van der Waals surface area (Å²) in [7, 11) is 0. The summed E-state index contributed by atoms with van der Waals surface area (Å²) in [6.07, 6.45) is 1.52. The van der Waals surface area contributed by atoms with Gasteiger partial charge in [-0.1, -0.05) is 29.8 Å². The Morgan fingerprint density at radius 3 is 2.27 bits per heavy atom. The Morgan fingerprint density at radius 1 is 0.923 bits per heavy atom. The maximum atomic E-state index is 11.1. The first kappa shape index (κ1) is 17.4. The third-order valence-electron chi connectivity index (χ3n) is 3.74. The fourth-order valence-electron chi connectivity index (χ4n) is 2.41. The van der Waals surface area contributed by atoms with Gasteiger partial charge in [-0.25, -0.2) is 9.97 Å². The predicted molar refractivity (Wildman–Crippen MR) is 105 cm³/mol. The third kappa shape index (κ3) is 5.04. The normalized spacial score (nSPS) is 10.2. The fraction of sp³-hybridized carbons (Fsp3) is 0.150. The number of rotatable bonds is 6. The van der Waals surface area contributed by atoms with Gasteiger partial charge in [0.2, 0.25) is 5.91 Å². The van der Waals surface area contributed by atoms with Crippen LogP contribution in [0.5, 0.6) is 0 Å². The summed E-state index contributed by atoms with van der Waals surface area (Å²) in [6.45, 7) is 4.25. The highest BCUT2D eigenvalue weighted by Crippen LogP contribution is 2.19.